The molecule has 2 aromatic carbocycles. The summed E-state index contributed by atoms with van der Waals surface area (Å²) in [5.74, 6) is -6.33. The Morgan fingerprint density at radius 2 is 1.67 bits per heavy atom. The molecule has 4 unspecified atom stereocenters. The Morgan fingerprint density at radius 3 is 2.28 bits per heavy atom. The Morgan fingerprint density at radius 1 is 1.00 bits per heavy atom. The lowest BCUT2D eigenvalue weighted by Crippen LogP contribution is -2.58. The molecule has 3 aromatic rings. The number of carboxylic acids is 2. The Hall–Kier alpha value is -3.72. The summed E-state index contributed by atoms with van der Waals surface area (Å²) in [6.07, 6.45) is -0.825. The molecule has 2 aliphatic rings. The van der Waals surface area contributed by atoms with Crippen molar-refractivity contribution in [3.8, 4) is 0 Å². The van der Waals surface area contributed by atoms with Crippen molar-refractivity contribution in [2.45, 2.75) is 57.8 Å². The first-order chi connectivity index (χ1) is 16.9. The van der Waals surface area contributed by atoms with Gasteiger partial charge in [0.15, 0.2) is 0 Å². The summed E-state index contributed by atoms with van der Waals surface area (Å²) in [6, 6.07) is 12.8. The molecule has 2 fully saturated rings. The maximum absolute atomic E-state index is 13.7. The van der Waals surface area contributed by atoms with Gasteiger partial charge in [-0.1, -0.05) is 24.3 Å². The van der Waals surface area contributed by atoms with Crippen molar-refractivity contribution in [1.82, 2.24) is 14.8 Å². The van der Waals surface area contributed by atoms with Crippen molar-refractivity contribution >= 4 is 45.6 Å². The van der Waals surface area contributed by atoms with E-state index in [0.29, 0.717) is 5.56 Å². The zero-order valence-electron chi connectivity index (χ0n) is 20.6. The van der Waals surface area contributed by atoms with E-state index < -0.39 is 59.1 Å². The summed E-state index contributed by atoms with van der Waals surface area (Å²) in [6.45, 7) is 7.93. The zero-order valence-corrected chi connectivity index (χ0v) is 20.6. The van der Waals surface area contributed by atoms with E-state index in [0.717, 1.165) is 33.3 Å². The predicted octanol–water partition coefficient (Wildman–Crippen LogP) is 3.16. The average molecular weight is 492 g/mol. The number of fused-ring (bicyclic) bond motifs is 4. The van der Waals surface area contributed by atoms with E-state index in [9.17, 15) is 29.4 Å². The van der Waals surface area contributed by atoms with Crippen LogP contribution in [-0.2, 0) is 25.7 Å². The number of benzene rings is 2. The van der Waals surface area contributed by atoms with Crippen molar-refractivity contribution in [3.05, 3.63) is 48.0 Å². The Labute approximate surface area is 207 Å². The normalized spacial score (nSPS) is 26.2. The number of aliphatic carboxylic acids is 2. The minimum Gasteiger partial charge on any atom is -0.481 e. The summed E-state index contributed by atoms with van der Waals surface area (Å²) in [5.41, 5.74) is -0.296. The number of carbonyl (C=O) groups is 4. The van der Waals surface area contributed by atoms with Crippen LogP contribution in [0.5, 0.6) is 0 Å². The molecule has 2 aliphatic heterocycles. The van der Waals surface area contributed by atoms with Gasteiger partial charge in [0.05, 0.1) is 18.3 Å². The first kappa shape index (κ1) is 24.0. The molecule has 36 heavy (non-hydrogen) atoms. The smallest absolute Gasteiger partial charge is 0.325 e. The molecule has 2 amide bonds. The van der Waals surface area contributed by atoms with Crippen LogP contribution < -0.4 is 5.32 Å². The number of aromatic nitrogens is 1. The second-order valence-electron chi connectivity index (χ2n) is 10.7. The van der Waals surface area contributed by atoms with Crippen LogP contribution in [0.3, 0.4) is 0 Å². The Balaban J connectivity index is 1.72. The molecule has 4 atom stereocenters. The van der Waals surface area contributed by atoms with Crippen LogP contribution in [0.25, 0.3) is 21.8 Å². The molecular weight excluding hydrogens is 462 g/mol. The largest absolute Gasteiger partial charge is 0.481 e. The lowest BCUT2D eigenvalue weighted by Gasteiger charge is -2.34. The maximum Gasteiger partial charge on any atom is 0.325 e. The molecule has 0 bridgehead atoms. The number of imide groups is 1. The number of rotatable bonds is 5. The fraction of sp³-hybridized carbons (Fsp3) is 0.407. The molecule has 2 saturated heterocycles. The molecule has 9 heteroatoms. The van der Waals surface area contributed by atoms with E-state index >= 15 is 0 Å². The number of para-hydroxylation sites is 1. The molecule has 0 spiro atoms. The number of nitrogens with one attached hydrogen (secondary N) is 1. The van der Waals surface area contributed by atoms with Crippen LogP contribution in [0, 0.1) is 11.8 Å². The van der Waals surface area contributed by atoms with Gasteiger partial charge in [-0.15, -0.1) is 0 Å². The topological polar surface area (TPSA) is 129 Å². The molecular formula is C27H29N3O6. The van der Waals surface area contributed by atoms with Crippen LogP contribution in [0.15, 0.2) is 42.5 Å². The monoisotopic (exact) mass is 491 g/mol. The van der Waals surface area contributed by atoms with Gasteiger partial charge in [0.25, 0.3) is 0 Å². The number of carboxylic acid groups (broad SMARTS) is 2. The lowest BCUT2D eigenvalue weighted by atomic mass is 9.77. The first-order valence-corrected chi connectivity index (χ1v) is 12.0. The van der Waals surface area contributed by atoms with Gasteiger partial charge in [0.1, 0.15) is 5.54 Å². The molecule has 1 aromatic heterocycles. The molecule has 3 N–H and O–H groups in total. The SMILES string of the molecule is CCn1c2ccccc2c2cc(C3NC(CC(=O)O)(C(=O)O)C4C(=O)N(C(C)(C)C)C(=O)C34)ccc21. The standard InChI is InChI=1S/C27H29N3O6/c1-5-29-17-9-7-6-8-15(17)16-12-14(10-11-18(16)29)22-20-21(24(34)30(23(20)33)26(2,3)4)27(28-22,25(35)36)13-19(31)32/h6-12,20-22,28H,5,13H2,1-4H3,(H,31,32)(H,35,36). The number of hydrogen-bond acceptors (Lipinski definition) is 5. The van der Waals surface area contributed by atoms with E-state index in [2.05, 4.69) is 16.8 Å². The van der Waals surface area contributed by atoms with Crippen molar-refractivity contribution in [1.29, 1.82) is 0 Å². The molecule has 0 aliphatic carbocycles. The van der Waals surface area contributed by atoms with E-state index in [1.807, 2.05) is 42.5 Å². The van der Waals surface area contributed by atoms with Crippen LogP contribution in [-0.4, -0.2) is 54.5 Å². The van der Waals surface area contributed by atoms with E-state index in [1.54, 1.807) is 20.8 Å². The second kappa shape index (κ2) is 7.89. The number of aryl methyl sites for hydroxylation is 1. The van der Waals surface area contributed by atoms with Crippen LogP contribution in [0.2, 0.25) is 0 Å². The van der Waals surface area contributed by atoms with Gasteiger partial charge < -0.3 is 14.8 Å². The minimum atomic E-state index is -2.11. The van der Waals surface area contributed by atoms with Gasteiger partial charge in [-0.2, -0.15) is 0 Å². The van der Waals surface area contributed by atoms with Gasteiger partial charge >= 0.3 is 11.9 Å². The van der Waals surface area contributed by atoms with Gasteiger partial charge in [0.2, 0.25) is 11.8 Å². The highest BCUT2D eigenvalue weighted by atomic mass is 16.4. The fourth-order valence-electron chi connectivity index (χ4n) is 6.23. The number of nitrogens with zero attached hydrogens (tertiary/aromatic N) is 2. The van der Waals surface area contributed by atoms with E-state index in [4.69, 9.17) is 0 Å². The third kappa shape index (κ3) is 3.19. The van der Waals surface area contributed by atoms with Crippen molar-refractivity contribution in [2.75, 3.05) is 0 Å². The summed E-state index contributed by atoms with van der Waals surface area (Å²) in [5, 5.41) is 24.8. The van der Waals surface area contributed by atoms with Crippen LogP contribution >= 0.6 is 0 Å². The number of hydrogen-bond donors (Lipinski definition) is 3. The van der Waals surface area contributed by atoms with Crippen molar-refractivity contribution < 1.29 is 29.4 Å². The summed E-state index contributed by atoms with van der Waals surface area (Å²) in [4.78, 5) is 52.7. The third-order valence-corrected chi connectivity index (χ3v) is 7.61. The highest BCUT2D eigenvalue weighted by Gasteiger charge is 2.70. The van der Waals surface area contributed by atoms with E-state index in [1.165, 1.54) is 0 Å². The number of amides is 2. The van der Waals surface area contributed by atoms with Crippen LogP contribution in [0.4, 0.5) is 0 Å². The van der Waals surface area contributed by atoms with Gasteiger partial charge in [-0.25, -0.2) is 0 Å². The fourth-order valence-corrected chi connectivity index (χ4v) is 6.23. The number of likely N-dealkylation sites (tertiary alicyclic amines) is 1. The molecule has 9 nitrogen and oxygen atoms in total. The van der Waals surface area contributed by atoms with E-state index in [-0.39, 0.29) is 0 Å². The molecule has 188 valence electrons. The quantitative estimate of drug-likeness (QED) is 0.468. The molecule has 5 rings (SSSR count). The summed E-state index contributed by atoms with van der Waals surface area (Å²) in [7, 11) is 0. The summed E-state index contributed by atoms with van der Waals surface area (Å²) < 4.78 is 2.18. The molecule has 0 saturated carbocycles. The van der Waals surface area contributed by atoms with Gasteiger partial charge in [-0.3, -0.25) is 29.4 Å². The highest BCUT2D eigenvalue weighted by molar-refractivity contribution is 6.11. The molecule has 0 radical (unpaired) electrons. The second-order valence-corrected chi connectivity index (χ2v) is 10.7. The highest BCUT2D eigenvalue weighted by Crippen LogP contribution is 2.52. The average Bonchev–Trinajstić information content (AvgIpc) is 3.40. The predicted molar refractivity (Wildman–Crippen MR) is 132 cm³/mol. The van der Waals surface area contributed by atoms with Crippen molar-refractivity contribution in [2.24, 2.45) is 11.8 Å². The minimum absolute atomic E-state index is 0.486. The van der Waals surface area contributed by atoms with Gasteiger partial charge in [0, 0.05) is 39.9 Å². The number of carbonyl (C=O) groups excluding carboxylic acids is 2. The molecule has 3 heterocycles. The Kier molecular flexibility index (Phi) is 5.26. The first-order valence-electron chi connectivity index (χ1n) is 12.0. The third-order valence-electron chi connectivity index (χ3n) is 7.61. The zero-order chi connectivity index (χ0) is 26.2. The summed E-state index contributed by atoms with van der Waals surface area (Å²) >= 11 is 0. The van der Waals surface area contributed by atoms with Crippen LogP contribution in [0.1, 0.15) is 45.7 Å². The van der Waals surface area contributed by atoms with Gasteiger partial charge in [-0.05, 0) is 51.5 Å². The lowest BCUT2D eigenvalue weighted by molar-refractivity contribution is -0.157. The Bertz CT molecular complexity index is 1450. The van der Waals surface area contributed by atoms with Crippen molar-refractivity contribution in [3.63, 3.8) is 0 Å². The maximum atomic E-state index is 13.7.